The third-order valence-electron chi connectivity index (χ3n) is 3.81. The van der Waals surface area contributed by atoms with Crippen molar-refractivity contribution in [2.45, 2.75) is 13.0 Å². The van der Waals surface area contributed by atoms with Gasteiger partial charge in [-0.3, -0.25) is 4.79 Å². The number of hydrogen-bond acceptors (Lipinski definition) is 4. The molecule has 5 nitrogen and oxygen atoms in total. The Hall–Kier alpha value is -2.27. The normalized spacial score (nSPS) is 18.5. The summed E-state index contributed by atoms with van der Waals surface area (Å²) in [7, 11) is 0. The van der Waals surface area contributed by atoms with Crippen LogP contribution < -0.4 is 5.32 Å². The Morgan fingerprint density at radius 2 is 2.14 bits per heavy atom. The summed E-state index contributed by atoms with van der Waals surface area (Å²) in [6.07, 6.45) is 3.07. The number of aromatic nitrogens is 2. The number of nitrogens with one attached hydrogen (secondary N) is 1. The third-order valence-corrected chi connectivity index (χ3v) is 3.81. The van der Waals surface area contributed by atoms with E-state index in [1.54, 1.807) is 6.20 Å². The molecule has 108 valence electrons. The Morgan fingerprint density at radius 3 is 2.90 bits per heavy atom. The van der Waals surface area contributed by atoms with Gasteiger partial charge in [-0.2, -0.15) is 0 Å². The number of nitrogens with zero attached hydrogens (tertiary/aromatic N) is 3. The zero-order chi connectivity index (χ0) is 14.7. The maximum absolute atomic E-state index is 12.6. The van der Waals surface area contributed by atoms with Gasteiger partial charge in [-0.05, 0) is 12.5 Å². The fraction of sp³-hybridized carbons (Fsp3) is 0.312. The van der Waals surface area contributed by atoms with Gasteiger partial charge < -0.3 is 10.2 Å². The van der Waals surface area contributed by atoms with Gasteiger partial charge >= 0.3 is 0 Å². The summed E-state index contributed by atoms with van der Waals surface area (Å²) in [5, 5.41) is 3.46. The second-order valence-corrected chi connectivity index (χ2v) is 5.19. The number of piperazine rings is 1. The number of amides is 1. The van der Waals surface area contributed by atoms with Crippen LogP contribution in [0.25, 0.3) is 0 Å². The molecule has 0 spiro atoms. The van der Waals surface area contributed by atoms with Crippen molar-refractivity contribution in [2.75, 3.05) is 19.6 Å². The number of hydrogen-bond donors (Lipinski definition) is 1. The summed E-state index contributed by atoms with van der Waals surface area (Å²) in [6, 6.07) is 10.4. The van der Waals surface area contributed by atoms with E-state index in [1.165, 1.54) is 11.9 Å². The number of carbonyl (C=O) groups excluding carboxylic acids is 1. The summed E-state index contributed by atoms with van der Waals surface area (Å²) in [6.45, 7) is 4.00. The van der Waals surface area contributed by atoms with Crippen molar-refractivity contribution in [2.24, 2.45) is 0 Å². The second kappa shape index (κ2) is 6.01. The van der Waals surface area contributed by atoms with E-state index in [9.17, 15) is 4.79 Å². The first-order valence-electron chi connectivity index (χ1n) is 7.10. The lowest BCUT2D eigenvalue weighted by atomic mass is 10.0. The molecule has 1 atom stereocenters. The first kappa shape index (κ1) is 13.7. The van der Waals surface area contributed by atoms with Crippen molar-refractivity contribution >= 4 is 5.91 Å². The first-order chi connectivity index (χ1) is 10.3. The Balaban J connectivity index is 1.77. The molecule has 0 radical (unpaired) electrons. The molecule has 1 aromatic carbocycles. The molecule has 0 bridgehead atoms. The molecule has 0 saturated carbocycles. The van der Waals surface area contributed by atoms with E-state index in [1.807, 2.05) is 30.0 Å². The van der Waals surface area contributed by atoms with Gasteiger partial charge in [-0.25, -0.2) is 9.97 Å². The molecular formula is C16H18N4O. The largest absolute Gasteiger partial charge is 0.335 e. The fourth-order valence-corrected chi connectivity index (χ4v) is 2.61. The lowest BCUT2D eigenvalue weighted by Gasteiger charge is -2.34. The summed E-state index contributed by atoms with van der Waals surface area (Å²) < 4.78 is 0. The summed E-state index contributed by atoms with van der Waals surface area (Å²) in [4.78, 5) is 22.6. The number of rotatable bonds is 2. The molecule has 0 aliphatic carbocycles. The van der Waals surface area contributed by atoms with E-state index in [-0.39, 0.29) is 11.9 Å². The highest BCUT2D eigenvalue weighted by Crippen LogP contribution is 2.18. The molecule has 5 heteroatoms. The lowest BCUT2D eigenvalue weighted by molar-refractivity contribution is 0.0701. The average Bonchev–Trinajstić information content (AvgIpc) is 2.56. The van der Waals surface area contributed by atoms with Gasteiger partial charge in [-0.15, -0.1) is 0 Å². The van der Waals surface area contributed by atoms with E-state index in [4.69, 9.17) is 0 Å². The van der Waals surface area contributed by atoms with Gasteiger partial charge in [0, 0.05) is 31.9 Å². The van der Waals surface area contributed by atoms with Crippen LogP contribution in [0.3, 0.4) is 0 Å². The lowest BCUT2D eigenvalue weighted by Crippen LogP contribution is -2.48. The molecule has 1 aromatic heterocycles. The number of aryl methyl sites for hydroxylation is 1. The van der Waals surface area contributed by atoms with Crippen LogP contribution in [0.2, 0.25) is 0 Å². The summed E-state index contributed by atoms with van der Waals surface area (Å²) in [5.41, 5.74) is 2.52. The van der Waals surface area contributed by atoms with E-state index >= 15 is 0 Å². The third kappa shape index (κ3) is 2.92. The molecule has 1 fully saturated rings. The predicted octanol–water partition coefficient (Wildman–Crippen LogP) is 1.57. The Kier molecular flexibility index (Phi) is 3.92. The topological polar surface area (TPSA) is 58.1 Å². The minimum atomic E-state index is 0.00975. The molecule has 1 aliphatic heterocycles. The molecule has 2 heterocycles. The zero-order valence-electron chi connectivity index (χ0n) is 12.0. The molecule has 1 amide bonds. The number of benzene rings is 1. The van der Waals surface area contributed by atoms with Gasteiger partial charge in [0.1, 0.15) is 6.33 Å². The van der Waals surface area contributed by atoms with Gasteiger partial charge in [0.05, 0.1) is 11.3 Å². The highest BCUT2D eigenvalue weighted by Gasteiger charge is 2.26. The van der Waals surface area contributed by atoms with Crippen LogP contribution in [-0.2, 0) is 0 Å². The van der Waals surface area contributed by atoms with Crippen molar-refractivity contribution in [3.63, 3.8) is 0 Å². The quantitative estimate of drug-likeness (QED) is 0.908. The Morgan fingerprint density at radius 1 is 1.33 bits per heavy atom. The van der Waals surface area contributed by atoms with Crippen LogP contribution in [0.5, 0.6) is 0 Å². The molecular weight excluding hydrogens is 264 g/mol. The van der Waals surface area contributed by atoms with Gasteiger partial charge in [-0.1, -0.05) is 30.3 Å². The molecule has 1 saturated heterocycles. The molecule has 3 rings (SSSR count). The predicted molar refractivity (Wildman–Crippen MR) is 79.9 cm³/mol. The molecule has 1 aliphatic rings. The smallest absolute Gasteiger partial charge is 0.257 e. The summed E-state index contributed by atoms with van der Waals surface area (Å²) >= 11 is 0. The van der Waals surface area contributed by atoms with Crippen molar-refractivity contribution < 1.29 is 4.79 Å². The van der Waals surface area contributed by atoms with Gasteiger partial charge in [0.2, 0.25) is 0 Å². The number of carbonyl (C=O) groups is 1. The van der Waals surface area contributed by atoms with Crippen molar-refractivity contribution in [1.82, 2.24) is 20.2 Å². The zero-order valence-corrected chi connectivity index (χ0v) is 12.0. The van der Waals surface area contributed by atoms with Crippen LogP contribution >= 0.6 is 0 Å². The highest BCUT2D eigenvalue weighted by atomic mass is 16.2. The van der Waals surface area contributed by atoms with Crippen LogP contribution in [0.1, 0.15) is 27.7 Å². The second-order valence-electron chi connectivity index (χ2n) is 5.19. The molecule has 2 aromatic rings. The van der Waals surface area contributed by atoms with Crippen molar-refractivity contribution in [3.8, 4) is 0 Å². The van der Waals surface area contributed by atoms with Crippen molar-refractivity contribution in [3.05, 3.63) is 59.7 Å². The van der Waals surface area contributed by atoms with E-state index in [0.717, 1.165) is 12.2 Å². The van der Waals surface area contributed by atoms with E-state index < -0.39 is 0 Å². The summed E-state index contributed by atoms with van der Waals surface area (Å²) in [5.74, 6) is 0.00975. The highest BCUT2D eigenvalue weighted by molar-refractivity contribution is 5.95. The van der Waals surface area contributed by atoms with Crippen LogP contribution in [0.15, 0.2) is 42.9 Å². The average molecular weight is 282 g/mol. The maximum atomic E-state index is 12.6. The maximum Gasteiger partial charge on any atom is 0.257 e. The SMILES string of the molecule is Cc1ncncc1C(=O)N1CCN[C@H](c2ccccc2)C1. The van der Waals surface area contributed by atoms with E-state index in [0.29, 0.717) is 18.7 Å². The van der Waals surface area contributed by atoms with E-state index in [2.05, 4.69) is 27.4 Å². The Bertz CT molecular complexity index is 629. The van der Waals surface area contributed by atoms with Crippen LogP contribution in [0, 0.1) is 6.92 Å². The fourth-order valence-electron chi connectivity index (χ4n) is 2.61. The van der Waals surface area contributed by atoms with Crippen LogP contribution in [-0.4, -0.2) is 40.4 Å². The minimum absolute atomic E-state index is 0.00975. The Labute approximate surface area is 124 Å². The first-order valence-corrected chi connectivity index (χ1v) is 7.10. The molecule has 1 N–H and O–H groups in total. The van der Waals surface area contributed by atoms with Gasteiger partial charge in [0.15, 0.2) is 0 Å². The minimum Gasteiger partial charge on any atom is -0.335 e. The van der Waals surface area contributed by atoms with Crippen molar-refractivity contribution in [1.29, 1.82) is 0 Å². The molecule has 0 unspecified atom stereocenters. The van der Waals surface area contributed by atoms with Gasteiger partial charge in [0.25, 0.3) is 5.91 Å². The molecule has 21 heavy (non-hydrogen) atoms. The van der Waals surface area contributed by atoms with Crippen LogP contribution in [0.4, 0.5) is 0 Å². The monoisotopic (exact) mass is 282 g/mol. The standard InChI is InChI=1S/C16H18N4O/c1-12-14(9-17-11-19-12)16(21)20-8-7-18-15(10-20)13-5-3-2-4-6-13/h2-6,9,11,15,18H,7-8,10H2,1H3/t15-/m0/s1.